The number of aryl methyl sites for hydroxylation is 1. The zero-order chi connectivity index (χ0) is 18.0. The van der Waals surface area contributed by atoms with Gasteiger partial charge in [0.2, 0.25) is 0 Å². The number of aromatic nitrogens is 1. The summed E-state index contributed by atoms with van der Waals surface area (Å²) in [7, 11) is 0. The molecule has 4 heteroatoms. The Bertz CT molecular complexity index is 737. The van der Waals surface area contributed by atoms with Crippen LogP contribution in [0.4, 0.5) is 5.69 Å². The Hall–Kier alpha value is -2.46. The molecule has 3 rings (SSSR count). The van der Waals surface area contributed by atoms with Crippen LogP contribution in [0.1, 0.15) is 30.5 Å². The van der Waals surface area contributed by atoms with E-state index in [2.05, 4.69) is 51.3 Å². The molecule has 26 heavy (non-hydrogen) atoms. The number of para-hydroxylation sites is 1. The monoisotopic (exact) mass is 348 g/mol. The fourth-order valence-electron chi connectivity index (χ4n) is 3.23. The van der Waals surface area contributed by atoms with Gasteiger partial charge in [0.05, 0.1) is 5.69 Å². The summed E-state index contributed by atoms with van der Waals surface area (Å²) in [5.74, 6) is 0. The van der Waals surface area contributed by atoms with Crippen LogP contribution >= 0.6 is 0 Å². The van der Waals surface area contributed by atoms with Gasteiger partial charge in [0.1, 0.15) is 0 Å². The van der Waals surface area contributed by atoms with Crippen LogP contribution in [-0.2, 0) is 13.0 Å². The van der Waals surface area contributed by atoms with E-state index in [-0.39, 0.29) is 0 Å². The zero-order valence-electron chi connectivity index (χ0n) is 15.3. The Labute approximate surface area is 156 Å². The van der Waals surface area contributed by atoms with Crippen LogP contribution in [0.2, 0.25) is 0 Å². The maximum atomic E-state index is 6.05. The smallest absolute Gasteiger partial charge is 0.0544 e. The molecule has 2 heterocycles. The second kappa shape index (κ2) is 9.88. The molecule has 1 aliphatic heterocycles. The normalized spacial score (nSPS) is 13.8. The number of nitrogens with two attached hydrogens (primary N) is 1. The van der Waals surface area contributed by atoms with E-state index < -0.39 is 0 Å². The molecule has 0 amide bonds. The summed E-state index contributed by atoms with van der Waals surface area (Å²) < 4.78 is 0. The number of anilines is 1. The van der Waals surface area contributed by atoms with Gasteiger partial charge in [-0.1, -0.05) is 30.3 Å². The molecule has 1 aromatic carbocycles. The van der Waals surface area contributed by atoms with Gasteiger partial charge in [0.15, 0.2) is 0 Å². The number of pyridine rings is 1. The number of hydrogen-bond donors (Lipinski definition) is 1. The average molecular weight is 348 g/mol. The highest BCUT2D eigenvalue weighted by Crippen LogP contribution is 2.14. The molecule has 0 bridgehead atoms. The molecular formula is C22H28N4. The van der Waals surface area contributed by atoms with Gasteiger partial charge in [-0.15, -0.1) is 0 Å². The lowest BCUT2D eigenvalue weighted by Gasteiger charge is -2.23. The van der Waals surface area contributed by atoms with Crippen LogP contribution in [0.3, 0.4) is 0 Å². The molecule has 0 radical (unpaired) electrons. The van der Waals surface area contributed by atoms with Crippen LogP contribution in [0.25, 0.3) is 0 Å². The topological polar surface area (TPSA) is 54.5 Å². The Morgan fingerprint density at radius 1 is 1.00 bits per heavy atom. The van der Waals surface area contributed by atoms with E-state index >= 15 is 0 Å². The Morgan fingerprint density at radius 3 is 2.65 bits per heavy atom. The van der Waals surface area contributed by atoms with Crippen molar-refractivity contribution in [1.82, 2.24) is 9.88 Å². The van der Waals surface area contributed by atoms with Crippen LogP contribution in [-0.4, -0.2) is 35.2 Å². The number of dihydropyridines is 1. The minimum Gasteiger partial charge on any atom is -0.399 e. The second-order valence-electron chi connectivity index (χ2n) is 6.75. The maximum absolute atomic E-state index is 6.05. The summed E-state index contributed by atoms with van der Waals surface area (Å²) >= 11 is 0. The minimum absolute atomic E-state index is 0.862. The molecule has 0 spiro atoms. The summed E-state index contributed by atoms with van der Waals surface area (Å²) in [4.78, 5) is 11.6. The van der Waals surface area contributed by atoms with Crippen molar-refractivity contribution in [2.75, 3.05) is 25.4 Å². The molecule has 0 unspecified atom stereocenters. The standard InChI is InChI=1S/C22H28N4/c23-22-13-2-1-9-19(22)10-5-8-16-26(17-20-11-3-6-14-24-20)18-21-12-4-7-15-25-21/h1-4,6,9,11-14H,5,7-8,10,15-18,23H2. The molecule has 1 aromatic heterocycles. The molecule has 1 aliphatic rings. The number of unbranched alkanes of at least 4 members (excludes halogenated alkanes) is 1. The molecule has 0 aliphatic carbocycles. The van der Waals surface area contributed by atoms with E-state index in [9.17, 15) is 0 Å². The van der Waals surface area contributed by atoms with Crippen LogP contribution < -0.4 is 5.73 Å². The lowest BCUT2D eigenvalue weighted by atomic mass is 10.1. The van der Waals surface area contributed by atoms with E-state index in [1.54, 1.807) is 0 Å². The van der Waals surface area contributed by atoms with Gasteiger partial charge in [-0.3, -0.25) is 14.9 Å². The SMILES string of the molecule is Nc1ccccc1CCCCN(CC1=NCCC=C1)Cc1ccccn1. The Morgan fingerprint density at radius 2 is 1.88 bits per heavy atom. The highest BCUT2D eigenvalue weighted by Gasteiger charge is 2.10. The Kier molecular flexibility index (Phi) is 6.96. The van der Waals surface area contributed by atoms with Gasteiger partial charge in [-0.25, -0.2) is 0 Å². The van der Waals surface area contributed by atoms with Crippen molar-refractivity contribution in [2.45, 2.75) is 32.2 Å². The van der Waals surface area contributed by atoms with Crippen molar-refractivity contribution in [2.24, 2.45) is 4.99 Å². The highest BCUT2D eigenvalue weighted by molar-refractivity contribution is 5.97. The zero-order valence-corrected chi connectivity index (χ0v) is 15.3. The summed E-state index contributed by atoms with van der Waals surface area (Å²) in [6.45, 7) is 3.70. The summed E-state index contributed by atoms with van der Waals surface area (Å²) in [5, 5.41) is 0. The molecular weight excluding hydrogens is 320 g/mol. The van der Waals surface area contributed by atoms with Gasteiger partial charge < -0.3 is 5.73 Å². The van der Waals surface area contributed by atoms with Crippen molar-refractivity contribution in [1.29, 1.82) is 0 Å². The van der Waals surface area contributed by atoms with Crippen LogP contribution in [0.5, 0.6) is 0 Å². The number of hydrogen-bond acceptors (Lipinski definition) is 4. The molecule has 0 saturated heterocycles. The Balaban J connectivity index is 1.53. The molecule has 0 atom stereocenters. The predicted molar refractivity (Wildman–Crippen MR) is 109 cm³/mol. The first-order valence-electron chi connectivity index (χ1n) is 9.47. The first-order chi connectivity index (χ1) is 12.8. The third-order valence-electron chi connectivity index (χ3n) is 4.64. The predicted octanol–water partition coefficient (Wildman–Crippen LogP) is 3.89. The average Bonchev–Trinajstić information content (AvgIpc) is 2.68. The summed E-state index contributed by atoms with van der Waals surface area (Å²) in [6.07, 6.45) is 10.6. The van der Waals surface area contributed by atoms with Crippen LogP contribution in [0.15, 0.2) is 65.8 Å². The van der Waals surface area contributed by atoms with Gasteiger partial charge >= 0.3 is 0 Å². The van der Waals surface area contributed by atoms with Crippen molar-refractivity contribution in [3.05, 3.63) is 72.1 Å². The van der Waals surface area contributed by atoms with Gasteiger partial charge in [-0.2, -0.15) is 0 Å². The van der Waals surface area contributed by atoms with Crippen molar-refractivity contribution >= 4 is 11.4 Å². The lowest BCUT2D eigenvalue weighted by molar-refractivity contribution is 0.292. The van der Waals surface area contributed by atoms with E-state index in [1.165, 1.54) is 11.3 Å². The fourth-order valence-corrected chi connectivity index (χ4v) is 3.23. The quantitative estimate of drug-likeness (QED) is 0.552. The highest BCUT2D eigenvalue weighted by atomic mass is 15.1. The first-order valence-corrected chi connectivity index (χ1v) is 9.47. The lowest BCUT2D eigenvalue weighted by Crippen LogP contribution is -2.31. The first kappa shape index (κ1) is 18.3. The second-order valence-corrected chi connectivity index (χ2v) is 6.75. The number of rotatable bonds is 9. The fraction of sp³-hybridized carbons (Fsp3) is 0.364. The largest absolute Gasteiger partial charge is 0.399 e. The molecule has 136 valence electrons. The number of benzene rings is 1. The molecule has 0 saturated carbocycles. The molecule has 0 fully saturated rings. The van der Waals surface area contributed by atoms with Crippen molar-refractivity contribution < 1.29 is 0 Å². The number of nitrogen functional groups attached to an aromatic ring is 1. The number of nitrogens with zero attached hydrogens (tertiary/aromatic N) is 3. The third-order valence-corrected chi connectivity index (χ3v) is 4.64. The minimum atomic E-state index is 0.862. The van der Waals surface area contributed by atoms with E-state index in [0.717, 1.165) is 63.2 Å². The third kappa shape index (κ3) is 5.81. The van der Waals surface area contributed by atoms with Crippen molar-refractivity contribution in [3.63, 3.8) is 0 Å². The summed E-state index contributed by atoms with van der Waals surface area (Å²) in [6, 6.07) is 14.3. The van der Waals surface area contributed by atoms with Crippen LogP contribution in [0, 0.1) is 0 Å². The van der Waals surface area contributed by atoms with E-state index in [4.69, 9.17) is 5.73 Å². The van der Waals surface area contributed by atoms with E-state index in [0.29, 0.717) is 0 Å². The maximum Gasteiger partial charge on any atom is 0.0544 e. The van der Waals surface area contributed by atoms with Gasteiger partial charge in [-0.05, 0) is 62.1 Å². The number of aliphatic imine (C=N–C) groups is 1. The van der Waals surface area contributed by atoms with Crippen molar-refractivity contribution in [3.8, 4) is 0 Å². The summed E-state index contributed by atoms with van der Waals surface area (Å²) in [5.41, 5.74) is 10.5. The molecule has 2 N–H and O–H groups in total. The van der Waals surface area contributed by atoms with Gasteiger partial charge in [0, 0.05) is 37.2 Å². The molecule has 2 aromatic rings. The van der Waals surface area contributed by atoms with E-state index in [1.807, 2.05) is 24.4 Å². The van der Waals surface area contributed by atoms with Gasteiger partial charge in [0.25, 0.3) is 0 Å². The molecule has 4 nitrogen and oxygen atoms in total.